The Morgan fingerprint density at radius 1 is 1.40 bits per heavy atom. The number of benzene rings is 1. The van der Waals surface area contributed by atoms with Crippen LogP contribution in [0.5, 0.6) is 0 Å². The van der Waals surface area contributed by atoms with Gasteiger partial charge in [0.05, 0.1) is 11.7 Å². The summed E-state index contributed by atoms with van der Waals surface area (Å²) in [5.41, 5.74) is 7.46. The van der Waals surface area contributed by atoms with Gasteiger partial charge in [-0.2, -0.15) is 0 Å². The monoisotopic (exact) mass is 289 g/mol. The molecule has 3 N–H and O–H groups in total. The minimum Gasteiger partial charge on any atom is -0.375 e. The molecule has 0 bridgehead atoms. The molecule has 1 atom stereocenters. The highest BCUT2D eigenvalue weighted by atomic mass is 32.1. The molecule has 106 valence electrons. The third kappa shape index (κ3) is 3.36. The van der Waals surface area contributed by atoms with Crippen molar-refractivity contribution in [3.63, 3.8) is 0 Å². The molecule has 1 aromatic carbocycles. The summed E-state index contributed by atoms with van der Waals surface area (Å²) >= 11 is 1.23. The lowest BCUT2D eigenvalue weighted by molar-refractivity contribution is 0.0938. The molecule has 1 heterocycles. The number of nitrogens with one attached hydrogen (secondary N) is 1. The standard InChI is InChI=1S/C15H19N3OS/c1-3-7-12(11-8-5-4-6-9-11)18-14(19)13-10(2)17-15(16)20-13/h4-6,8-9,12H,3,7H2,1-2H3,(H2,16,17)(H,18,19). The fourth-order valence-electron chi connectivity index (χ4n) is 2.15. The maximum atomic E-state index is 12.3. The topological polar surface area (TPSA) is 68.0 Å². The van der Waals surface area contributed by atoms with Crippen molar-refractivity contribution in [2.24, 2.45) is 0 Å². The van der Waals surface area contributed by atoms with Crippen molar-refractivity contribution in [2.75, 3.05) is 5.73 Å². The van der Waals surface area contributed by atoms with Crippen molar-refractivity contribution in [3.8, 4) is 0 Å². The summed E-state index contributed by atoms with van der Waals surface area (Å²) in [6.07, 6.45) is 1.91. The first-order valence-corrected chi connectivity index (χ1v) is 7.52. The molecule has 0 spiro atoms. The fraction of sp³-hybridized carbons (Fsp3) is 0.333. The van der Waals surface area contributed by atoms with Crippen LogP contribution in [-0.2, 0) is 0 Å². The van der Waals surface area contributed by atoms with Gasteiger partial charge in [0.1, 0.15) is 4.88 Å². The number of carbonyl (C=O) groups is 1. The first-order valence-electron chi connectivity index (χ1n) is 6.70. The molecule has 20 heavy (non-hydrogen) atoms. The zero-order valence-corrected chi connectivity index (χ0v) is 12.5. The third-order valence-corrected chi connectivity index (χ3v) is 4.09. The molecular weight excluding hydrogens is 270 g/mol. The van der Waals surface area contributed by atoms with Gasteiger partial charge in [-0.05, 0) is 18.9 Å². The Labute approximate surface area is 123 Å². The van der Waals surface area contributed by atoms with Gasteiger partial charge in [-0.25, -0.2) is 4.98 Å². The van der Waals surface area contributed by atoms with E-state index in [2.05, 4.69) is 17.2 Å². The summed E-state index contributed by atoms with van der Waals surface area (Å²) in [6.45, 7) is 3.91. The predicted octanol–water partition coefficient (Wildman–Crippen LogP) is 3.30. The highest BCUT2D eigenvalue weighted by Crippen LogP contribution is 2.23. The van der Waals surface area contributed by atoms with Crippen molar-refractivity contribution >= 4 is 22.4 Å². The lowest BCUT2D eigenvalue weighted by Crippen LogP contribution is -2.28. The van der Waals surface area contributed by atoms with Crippen LogP contribution in [0.3, 0.4) is 0 Å². The van der Waals surface area contributed by atoms with Crippen molar-refractivity contribution < 1.29 is 4.79 Å². The number of aromatic nitrogens is 1. The SMILES string of the molecule is CCCC(NC(=O)c1sc(N)nc1C)c1ccccc1. The van der Waals surface area contributed by atoms with Gasteiger partial charge in [-0.15, -0.1) is 0 Å². The van der Waals surface area contributed by atoms with Crippen LogP contribution in [-0.4, -0.2) is 10.9 Å². The first kappa shape index (κ1) is 14.5. The van der Waals surface area contributed by atoms with Gasteiger partial charge in [-0.3, -0.25) is 4.79 Å². The van der Waals surface area contributed by atoms with E-state index in [1.807, 2.05) is 30.3 Å². The van der Waals surface area contributed by atoms with Crippen LogP contribution < -0.4 is 11.1 Å². The Kier molecular flexibility index (Phi) is 4.74. The number of anilines is 1. The van der Waals surface area contributed by atoms with Gasteiger partial charge in [0.25, 0.3) is 5.91 Å². The van der Waals surface area contributed by atoms with Crippen LogP contribution in [0, 0.1) is 6.92 Å². The number of aryl methyl sites for hydroxylation is 1. The minimum absolute atomic E-state index is 0.0245. The van der Waals surface area contributed by atoms with Crippen LogP contribution in [0.4, 0.5) is 5.13 Å². The number of amides is 1. The largest absolute Gasteiger partial charge is 0.375 e. The van der Waals surface area contributed by atoms with Crippen molar-refractivity contribution in [2.45, 2.75) is 32.7 Å². The molecule has 0 aliphatic rings. The van der Waals surface area contributed by atoms with Crippen LogP contribution in [0.2, 0.25) is 0 Å². The van der Waals surface area contributed by atoms with Crippen LogP contribution in [0.15, 0.2) is 30.3 Å². The molecule has 2 aromatic rings. The Hall–Kier alpha value is -1.88. The van der Waals surface area contributed by atoms with E-state index >= 15 is 0 Å². The molecule has 1 amide bonds. The smallest absolute Gasteiger partial charge is 0.263 e. The third-order valence-electron chi connectivity index (χ3n) is 3.10. The number of nitrogens with zero attached hydrogens (tertiary/aromatic N) is 1. The molecule has 0 aliphatic carbocycles. The van der Waals surface area contributed by atoms with Gasteiger partial charge >= 0.3 is 0 Å². The van der Waals surface area contributed by atoms with E-state index in [-0.39, 0.29) is 11.9 Å². The number of thiazole rings is 1. The maximum Gasteiger partial charge on any atom is 0.263 e. The normalized spacial score (nSPS) is 12.1. The molecule has 4 nitrogen and oxygen atoms in total. The van der Waals surface area contributed by atoms with Crippen LogP contribution in [0.25, 0.3) is 0 Å². The maximum absolute atomic E-state index is 12.3. The molecule has 0 aliphatic heterocycles. The second-order valence-corrected chi connectivity index (χ2v) is 5.72. The van der Waals surface area contributed by atoms with Gasteiger partial charge < -0.3 is 11.1 Å². The zero-order chi connectivity index (χ0) is 14.5. The minimum atomic E-state index is -0.0981. The summed E-state index contributed by atoms with van der Waals surface area (Å²) in [5.74, 6) is -0.0981. The number of nitrogen functional groups attached to an aromatic ring is 1. The van der Waals surface area contributed by atoms with Gasteiger partial charge in [0, 0.05) is 0 Å². The lowest BCUT2D eigenvalue weighted by atomic mass is 10.0. The van der Waals surface area contributed by atoms with Gasteiger partial charge in [-0.1, -0.05) is 55.0 Å². The first-order chi connectivity index (χ1) is 9.61. The average molecular weight is 289 g/mol. The summed E-state index contributed by atoms with van der Waals surface area (Å²) in [7, 11) is 0. The van der Waals surface area contributed by atoms with Crippen molar-refractivity contribution in [1.29, 1.82) is 0 Å². The van der Waals surface area contributed by atoms with E-state index in [0.29, 0.717) is 15.7 Å². The molecule has 0 saturated heterocycles. The van der Waals surface area contributed by atoms with Crippen molar-refractivity contribution in [3.05, 3.63) is 46.5 Å². The molecule has 2 rings (SSSR count). The van der Waals surface area contributed by atoms with Crippen LogP contribution in [0.1, 0.15) is 46.7 Å². The Morgan fingerprint density at radius 3 is 2.65 bits per heavy atom. The lowest BCUT2D eigenvalue weighted by Gasteiger charge is -2.18. The molecule has 1 aromatic heterocycles. The highest BCUT2D eigenvalue weighted by molar-refractivity contribution is 7.17. The Bertz CT molecular complexity index is 580. The summed E-state index contributed by atoms with van der Waals surface area (Å²) < 4.78 is 0. The highest BCUT2D eigenvalue weighted by Gasteiger charge is 2.18. The van der Waals surface area contributed by atoms with E-state index < -0.39 is 0 Å². The van der Waals surface area contributed by atoms with Gasteiger partial charge in [0.15, 0.2) is 5.13 Å². The Morgan fingerprint density at radius 2 is 2.10 bits per heavy atom. The quantitative estimate of drug-likeness (QED) is 0.887. The van der Waals surface area contributed by atoms with E-state index in [1.165, 1.54) is 11.3 Å². The number of nitrogens with two attached hydrogens (primary N) is 1. The van der Waals surface area contributed by atoms with E-state index in [1.54, 1.807) is 6.92 Å². The fourth-order valence-corrected chi connectivity index (χ4v) is 2.88. The molecule has 0 radical (unpaired) electrons. The van der Waals surface area contributed by atoms with E-state index in [9.17, 15) is 4.79 Å². The summed E-state index contributed by atoms with van der Waals surface area (Å²) in [5, 5.41) is 3.51. The molecule has 1 unspecified atom stereocenters. The second kappa shape index (κ2) is 6.52. The molecule has 0 fully saturated rings. The van der Waals surface area contributed by atoms with E-state index in [0.717, 1.165) is 18.4 Å². The number of hydrogen-bond acceptors (Lipinski definition) is 4. The van der Waals surface area contributed by atoms with Gasteiger partial charge in [0.2, 0.25) is 0 Å². The van der Waals surface area contributed by atoms with E-state index in [4.69, 9.17) is 5.73 Å². The summed E-state index contributed by atoms with van der Waals surface area (Å²) in [4.78, 5) is 17.0. The second-order valence-electron chi connectivity index (χ2n) is 4.69. The number of rotatable bonds is 5. The van der Waals surface area contributed by atoms with Crippen LogP contribution >= 0.6 is 11.3 Å². The number of carbonyl (C=O) groups excluding carboxylic acids is 1. The Balaban J connectivity index is 2.16. The molecule has 0 saturated carbocycles. The van der Waals surface area contributed by atoms with Crippen molar-refractivity contribution in [1.82, 2.24) is 10.3 Å². The average Bonchev–Trinajstić information content (AvgIpc) is 2.78. The zero-order valence-electron chi connectivity index (χ0n) is 11.7. The number of hydrogen-bond donors (Lipinski definition) is 2. The molecular formula is C15H19N3OS. The molecule has 5 heteroatoms. The predicted molar refractivity (Wildman–Crippen MR) is 82.8 cm³/mol. The summed E-state index contributed by atoms with van der Waals surface area (Å²) in [6, 6.07) is 10.0.